The molecule has 1 N–H and O–H groups in total. The highest BCUT2D eigenvalue weighted by Gasteiger charge is 2.31. The summed E-state index contributed by atoms with van der Waals surface area (Å²) in [6.45, 7) is 6.22. The van der Waals surface area contributed by atoms with Crippen LogP contribution in [-0.2, 0) is 15.7 Å². The van der Waals surface area contributed by atoms with E-state index in [1.54, 1.807) is 49.9 Å². The number of alkyl halides is 3. The van der Waals surface area contributed by atoms with Gasteiger partial charge in [0.15, 0.2) is 0 Å². The number of piperidine rings is 1. The highest BCUT2D eigenvalue weighted by molar-refractivity contribution is 5.93. The van der Waals surface area contributed by atoms with Crippen LogP contribution < -0.4 is 10.1 Å². The van der Waals surface area contributed by atoms with E-state index in [1.165, 1.54) is 12.1 Å². The standard InChI is InChI=1S/C24H27F3N2O4/c1-23(2,3)33-22(31)29-14-4-5-16(15-29)21(30)28-18-8-12-20(13-9-18)32-19-10-6-17(7-11-19)24(25,26)27/h6-13,16H,4-5,14-15H2,1-3H3,(H,28,30). The lowest BCUT2D eigenvalue weighted by molar-refractivity contribution is -0.137. The molecule has 2 aromatic carbocycles. The van der Waals surface area contributed by atoms with Crippen molar-refractivity contribution in [3.05, 3.63) is 54.1 Å². The third kappa shape index (κ3) is 7.13. The first-order chi connectivity index (χ1) is 15.4. The number of nitrogens with zero attached hydrogens (tertiary/aromatic N) is 1. The summed E-state index contributed by atoms with van der Waals surface area (Å²) >= 11 is 0. The van der Waals surface area contributed by atoms with Gasteiger partial charge >= 0.3 is 12.3 Å². The minimum atomic E-state index is -4.40. The average Bonchev–Trinajstić information content (AvgIpc) is 2.74. The van der Waals surface area contributed by atoms with E-state index >= 15 is 0 Å². The molecule has 2 amide bonds. The minimum Gasteiger partial charge on any atom is -0.457 e. The summed E-state index contributed by atoms with van der Waals surface area (Å²) < 4.78 is 48.9. The molecule has 1 aliphatic rings. The Bertz CT molecular complexity index is 967. The van der Waals surface area contributed by atoms with Crippen molar-refractivity contribution in [1.82, 2.24) is 4.90 Å². The number of carbonyl (C=O) groups is 2. The number of rotatable bonds is 4. The van der Waals surface area contributed by atoms with E-state index in [9.17, 15) is 22.8 Å². The van der Waals surface area contributed by atoms with Gasteiger partial charge in [-0.15, -0.1) is 0 Å². The molecule has 1 fully saturated rings. The monoisotopic (exact) mass is 464 g/mol. The second-order valence-electron chi connectivity index (χ2n) is 8.90. The number of amides is 2. The van der Waals surface area contributed by atoms with Gasteiger partial charge in [-0.1, -0.05) is 0 Å². The van der Waals surface area contributed by atoms with E-state index < -0.39 is 23.4 Å². The van der Waals surface area contributed by atoms with Crippen molar-refractivity contribution in [2.24, 2.45) is 5.92 Å². The summed E-state index contributed by atoms with van der Waals surface area (Å²) in [4.78, 5) is 26.6. The molecular formula is C24H27F3N2O4. The zero-order valence-electron chi connectivity index (χ0n) is 18.7. The van der Waals surface area contributed by atoms with Gasteiger partial charge in [-0.05, 0) is 82.1 Å². The van der Waals surface area contributed by atoms with Crippen molar-refractivity contribution >= 4 is 17.7 Å². The smallest absolute Gasteiger partial charge is 0.416 e. The van der Waals surface area contributed by atoms with Gasteiger partial charge in [-0.2, -0.15) is 13.2 Å². The predicted octanol–water partition coefficient (Wildman–Crippen LogP) is 6.08. The van der Waals surface area contributed by atoms with Crippen LogP contribution in [0.3, 0.4) is 0 Å². The highest BCUT2D eigenvalue weighted by atomic mass is 19.4. The number of anilines is 1. The molecule has 6 nitrogen and oxygen atoms in total. The summed E-state index contributed by atoms with van der Waals surface area (Å²) in [6, 6.07) is 10.9. The molecule has 0 aliphatic carbocycles. The maximum atomic E-state index is 12.7. The molecule has 1 saturated heterocycles. The van der Waals surface area contributed by atoms with Crippen LogP contribution in [0.5, 0.6) is 11.5 Å². The molecule has 0 aromatic heterocycles. The third-order valence-electron chi connectivity index (χ3n) is 4.98. The van der Waals surface area contributed by atoms with Crippen molar-refractivity contribution < 1.29 is 32.2 Å². The van der Waals surface area contributed by atoms with Gasteiger partial charge in [0.1, 0.15) is 17.1 Å². The Morgan fingerprint density at radius 3 is 2.09 bits per heavy atom. The fourth-order valence-corrected chi connectivity index (χ4v) is 3.38. The molecule has 178 valence electrons. The van der Waals surface area contributed by atoms with Crippen LogP contribution in [0, 0.1) is 5.92 Å². The summed E-state index contributed by atoms with van der Waals surface area (Å²) in [5.74, 6) is 0.139. The molecule has 0 radical (unpaired) electrons. The van der Waals surface area contributed by atoms with E-state index in [1.807, 2.05) is 0 Å². The van der Waals surface area contributed by atoms with Gasteiger partial charge in [0.25, 0.3) is 0 Å². The number of likely N-dealkylation sites (tertiary alicyclic amines) is 1. The number of nitrogens with one attached hydrogen (secondary N) is 1. The third-order valence-corrected chi connectivity index (χ3v) is 4.98. The number of benzene rings is 2. The lowest BCUT2D eigenvalue weighted by Gasteiger charge is -2.33. The number of carbonyl (C=O) groups excluding carboxylic acids is 2. The van der Waals surface area contributed by atoms with E-state index in [2.05, 4.69) is 5.32 Å². The quantitative estimate of drug-likeness (QED) is 0.595. The van der Waals surface area contributed by atoms with Gasteiger partial charge in [0.2, 0.25) is 5.91 Å². The van der Waals surface area contributed by atoms with Gasteiger partial charge in [-0.3, -0.25) is 4.79 Å². The Hall–Kier alpha value is -3.23. The molecule has 3 rings (SSSR count). The topological polar surface area (TPSA) is 67.9 Å². The first-order valence-electron chi connectivity index (χ1n) is 10.6. The lowest BCUT2D eigenvalue weighted by Crippen LogP contribution is -2.45. The summed E-state index contributed by atoms with van der Waals surface area (Å²) in [5.41, 5.74) is -0.800. The van der Waals surface area contributed by atoms with Crippen LogP contribution >= 0.6 is 0 Å². The van der Waals surface area contributed by atoms with Crippen LogP contribution in [0.4, 0.5) is 23.7 Å². The van der Waals surface area contributed by atoms with E-state index in [-0.39, 0.29) is 24.1 Å². The van der Waals surface area contributed by atoms with Crippen molar-refractivity contribution in [2.75, 3.05) is 18.4 Å². The highest BCUT2D eigenvalue weighted by Crippen LogP contribution is 2.31. The fourth-order valence-electron chi connectivity index (χ4n) is 3.38. The van der Waals surface area contributed by atoms with Crippen LogP contribution in [0.25, 0.3) is 0 Å². The predicted molar refractivity (Wildman–Crippen MR) is 117 cm³/mol. The zero-order chi connectivity index (χ0) is 24.2. The van der Waals surface area contributed by atoms with Crippen molar-refractivity contribution in [3.63, 3.8) is 0 Å². The number of halogens is 3. The first-order valence-corrected chi connectivity index (χ1v) is 10.6. The summed E-state index contributed by atoms with van der Waals surface area (Å²) in [6.07, 6.45) is -3.46. The van der Waals surface area contributed by atoms with Gasteiger partial charge < -0.3 is 19.7 Å². The Kier molecular flexibility index (Phi) is 7.19. The van der Waals surface area contributed by atoms with Crippen molar-refractivity contribution in [1.29, 1.82) is 0 Å². The second-order valence-corrected chi connectivity index (χ2v) is 8.90. The Labute approximate surface area is 190 Å². The molecule has 33 heavy (non-hydrogen) atoms. The summed E-state index contributed by atoms with van der Waals surface area (Å²) in [7, 11) is 0. The Morgan fingerprint density at radius 2 is 1.55 bits per heavy atom. The van der Waals surface area contributed by atoms with E-state index in [0.717, 1.165) is 12.1 Å². The van der Waals surface area contributed by atoms with Crippen LogP contribution in [-0.4, -0.2) is 35.6 Å². The average molecular weight is 464 g/mol. The Balaban J connectivity index is 1.55. The lowest BCUT2D eigenvalue weighted by atomic mass is 9.97. The molecule has 0 saturated carbocycles. The largest absolute Gasteiger partial charge is 0.457 e. The minimum absolute atomic E-state index is 0.195. The van der Waals surface area contributed by atoms with Crippen molar-refractivity contribution in [2.45, 2.75) is 45.4 Å². The number of ether oxygens (including phenoxy) is 2. The Morgan fingerprint density at radius 1 is 0.970 bits per heavy atom. The van der Waals surface area contributed by atoms with E-state index in [4.69, 9.17) is 9.47 Å². The fraction of sp³-hybridized carbons (Fsp3) is 0.417. The molecule has 9 heteroatoms. The molecule has 1 unspecified atom stereocenters. The second kappa shape index (κ2) is 9.72. The maximum absolute atomic E-state index is 12.7. The number of hydrogen-bond acceptors (Lipinski definition) is 4. The van der Waals surface area contributed by atoms with Crippen LogP contribution in [0.1, 0.15) is 39.2 Å². The molecule has 1 heterocycles. The first kappa shape index (κ1) is 24.4. The molecule has 2 aromatic rings. The van der Waals surface area contributed by atoms with Gasteiger partial charge in [0.05, 0.1) is 11.5 Å². The zero-order valence-corrected chi connectivity index (χ0v) is 18.7. The van der Waals surface area contributed by atoms with Crippen LogP contribution in [0.2, 0.25) is 0 Å². The molecular weight excluding hydrogens is 437 g/mol. The van der Waals surface area contributed by atoms with Crippen molar-refractivity contribution in [3.8, 4) is 11.5 Å². The molecule has 0 spiro atoms. The summed E-state index contributed by atoms with van der Waals surface area (Å²) in [5, 5.41) is 2.84. The molecule has 0 bridgehead atoms. The number of hydrogen-bond donors (Lipinski definition) is 1. The molecule has 1 atom stereocenters. The SMILES string of the molecule is CC(C)(C)OC(=O)N1CCCC(C(=O)Nc2ccc(Oc3ccc(C(F)(F)F)cc3)cc2)C1. The van der Waals surface area contributed by atoms with E-state index in [0.29, 0.717) is 30.8 Å². The normalized spacial score (nSPS) is 16.8. The maximum Gasteiger partial charge on any atom is 0.416 e. The molecule has 1 aliphatic heterocycles. The van der Waals surface area contributed by atoms with Gasteiger partial charge in [-0.25, -0.2) is 4.79 Å². The van der Waals surface area contributed by atoms with Gasteiger partial charge in [0, 0.05) is 18.8 Å². The van der Waals surface area contributed by atoms with Crippen LogP contribution in [0.15, 0.2) is 48.5 Å².